The van der Waals surface area contributed by atoms with Crippen LogP contribution in [-0.2, 0) is 6.54 Å². The van der Waals surface area contributed by atoms with Gasteiger partial charge in [-0.1, -0.05) is 12.1 Å². The summed E-state index contributed by atoms with van der Waals surface area (Å²) in [6, 6.07) is 7.71. The Bertz CT molecular complexity index is 1030. The number of benzene rings is 1. The third-order valence-electron chi connectivity index (χ3n) is 4.87. The first kappa shape index (κ1) is 21.3. The molecule has 164 valence electrons. The Hall–Kier alpha value is -2.89. The van der Waals surface area contributed by atoms with Crippen LogP contribution in [0.25, 0.3) is 11.1 Å². The van der Waals surface area contributed by atoms with Crippen LogP contribution in [0.1, 0.15) is 16.4 Å². The van der Waals surface area contributed by atoms with Gasteiger partial charge in [-0.15, -0.1) is 0 Å². The summed E-state index contributed by atoms with van der Waals surface area (Å²) < 4.78 is 38.9. The minimum atomic E-state index is -2.91. The predicted molar refractivity (Wildman–Crippen MR) is 111 cm³/mol. The third kappa shape index (κ3) is 5.63. The molecule has 2 aromatic heterocycles. The first-order valence-corrected chi connectivity index (χ1v) is 10.4. The number of hydrogen-bond acceptors (Lipinski definition) is 8. The molecule has 1 saturated heterocycles. The first-order chi connectivity index (χ1) is 15.0. The van der Waals surface area contributed by atoms with Crippen molar-refractivity contribution in [3.8, 4) is 16.9 Å². The fourth-order valence-electron chi connectivity index (χ4n) is 3.19. The molecule has 0 saturated carbocycles. The van der Waals surface area contributed by atoms with E-state index in [1.165, 1.54) is 24.5 Å². The van der Waals surface area contributed by atoms with Gasteiger partial charge < -0.3 is 14.1 Å². The summed E-state index contributed by atoms with van der Waals surface area (Å²) in [5.41, 5.74) is 1.16. The number of likely N-dealkylation sites (N-methyl/N-ethyl adjacent to an activating group) is 1. The summed E-state index contributed by atoms with van der Waals surface area (Å²) in [5.74, 6) is 0.307. The number of nitrogens with zero attached hydrogens (tertiary/aromatic N) is 4. The minimum Gasteiger partial charge on any atom is -0.459 e. The maximum Gasteiger partial charge on any atom is 0.387 e. The highest BCUT2D eigenvalue weighted by Crippen LogP contribution is 2.27. The molecule has 31 heavy (non-hydrogen) atoms. The number of anilines is 1. The highest BCUT2D eigenvalue weighted by molar-refractivity contribution is 7.09. The van der Waals surface area contributed by atoms with Crippen molar-refractivity contribution in [2.24, 2.45) is 0 Å². The number of aromatic nitrogens is 2. The van der Waals surface area contributed by atoms with Crippen molar-refractivity contribution >= 4 is 22.6 Å². The number of halogens is 2. The van der Waals surface area contributed by atoms with E-state index in [4.69, 9.17) is 4.42 Å². The van der Waals surface area contributed by atoms with Gasteiger partial charge in [-0.05, 0) is 30.8 Å². The first-order valence-electron chi connectivity index (χ1n) is 9.65. The normalized spacial score (nSPS) is 15.4. The second-order valence-corrected chi connectivity index (χ2v) is 7.91. The largest absolute Gasteiger partial charge is 0.459 e. The molecular weight excluding hydrogens is 428 g/mol. The molecule has 0 spiro atoms. The van der Waals surface area contributed by atoms with Gasteiger partial charge in [0, 0.05) is 43.3 Å². The third-order valence-corrected chi connectivity index (χ3v) is 5.53. The van der Waals surface area contributed by atoms with Gasteiger partial charge in [-0.2, -0.15) is 13.2 Å². The molecule has 1 aliphatic heterocycles. The van der Waals surface area contributed by atoms with Crippen LogP contribution in [0.5, 0.6) is 5.75 Å². The highest BCUT2D eigenvalue weighted by Gasteiger charge is 2.18. The van der Waals surface area contributed by atoms with E-state index in [1.54, 1.807) is 12.1 Å². The van der Waals surface area contributed by atoms with Gasteiger partial charge in [0.05, 0.1) is 12.8 Å². The van der Waals surface area contributed by atoms with Gasteiger partial charge in [0.25, 0.3) is 5.91 Å². The van der Waals surface area contributed by atoms with Crippen LogP contribution in [0.15, 0.2) is 41.0 Å². The van der Waals surface area contributed by atoms with E-state index in [0.29, 0.717) is 28.6 Å². The number of furan rings is 1. The molecule has 1 aliphatic rings. The molecule has 11 heteroatoms. The molecule has 1 fully saturated rings. The lowest BCUT2D eigenvalue weighted by Gasteiger charge is -2.31. The van der Waals surface area contributed by atoms with Gasteiger partial charge in [0.1, 0.15) is 5.75 Å². The van der Waals surface area contributed by atoms with Gasteiger partial charge in [0.15, 0.2) is 11.6 Å². The Morgan fingerprint density at radius 2 is 2.06 bits per heavy atom. The van der Waals surface area contributed by atoms with Crippen molar-refractivity contribution in [2.45, 2.75) is 13.2 Å². The molecule has 1 aromatic carbocycles. The Morgan fingerprint density at radius 3 is 2.84 bits per heavy atom. The van der Waals surface area contributed by atoms with Crippen molar-refractivity contribution in [1.82, 2.24) is 19.2 Å². The van der Waals surface area contributed by atoms with Gasteiger partial charge in [-0.3, -0.25) is 15.0 Å². The lowest BCUT2D eigenvalue weighted by Crippen LogP contribution is -2.44. The molecule has 8 nitrogen and oxygen atoms in total. The number of piperazine rings is 1. The lowest BCUT2D eigenvalue weighted by atomic mass is 10.1. The number of hydrogen-bond donors (Lipinski definition) is 1. The predicted octanol–water partition coefficient (Wildman–Crippen LogP) is 3.40. The van der Waals surface area contributed by atoms with Crippen molar-refractivity contribution in [1.29, 1.82) is 0 Å². The molecule has 4 rings (SSSR count). The van der Waals surface area contributed by atoms with Crippen LogP contribution >= 0.6 is 11.5 Å². The summed E-state index contributed by atoms with van der Waals surface area (Å²) in [6.45, 7) is 1.65. The van der Waals surface area contributed by atoms with E-state index in [-0.39, 0.29) is 11.5 Å². The van der Waals surface area contributed by atoms with Crippen molar-refractivity contribution in [3.05, 3.63) is 48.2 Å². The zero-order valence-corrected chi connectivity index (χ0v) is 17.6. The second-order valence-electron chi connectivity index (χ2n) is 7.16. The zero-order valence-electron chi connectivity index (χ0n) is 16.8. The number of carbonyl (C=O) groups is 1. The Labute approximate surface area is 181 Å². The Balaban J connectivity index is 1.37. The second kappa shape index (κ2) is 9.50. The van der Waals surface area contributed by atoms with E-state index < -0.39 is 12.5 Å². The SMILES string of the molecule is CN1CCN(Cc2nsc(NC(=O)c3cc(-c4cccc(OC(F)F)c4)co3)n2)CC1. The smallest absolute Gasteiger partial charge is 0.387 e. The summed E-state index contributed by atoms with van der Waals surface area (Å²) in [7, 11) is 2.10. The van der Waals surface area contributed by atoms with Crippen LogP contribution in [0.3, 0.4) is 0 Å². The van der Waals surface area contributed by atoms with E-state index in [1.807, 2.05) is 0 Å². The molecule has 0 bridgehead atoms. The summed E-state index contributed by atoms with van der Waals surface area (Å²) >= 11 is 1.11. The molecule has 3 heterocycles. The summed E-state index contributed by atoms with van der Waals surface area (Å²) in [4.78, 5) is 21.4. The van der Waals surface area contributed by atoms with Crippen molar-refractivity contribution in [2.75, 3.05) is 38.5 Å². The number of nitrogens with one attached hydrogen (secondary N) is 1. The van der Waals surface area contributed by atoms with Crippen LogP contribution in [0, 0.1) is 0 Å². The summed E-state index contributed by atoms with van der Waals surface area (Å²) in [6.07, 6.45) is 1.38. The van der Waals surface area contributed by atoms with E-state index in [0.717, 1.165) is 37.7 Å². The van der Waals surface area contributed by atoms with Gasteiger partial charge in [0.2, 0.25) is 5.13 Å². The van der Waals surface area contributed by atoms with Crippen LogP contribution < -0.4 is 10.1 Å². The van der Waals surface area contributed by atoms with Crippen molar-refractivity contribution < 1.29 is 22.7 Å². The monoisotopic (exact) mass is 449 g/mol. The standard InChI is InChI=1S/C20H21F2N5O3S/c1-26-5-7-27(8-6-26)11-17-23-20(31-25-17)24-18(28)16-10-14(12-29-16)13-3-2-4-15(9-13)30-19(21)22/h2-4,9-10,12,19H,5-8,11H2,1H3,(H,23,24,25,28). The molecule has 0 unspecified atom stereocenters. The Kier molecular flexibility index (Phi) is 6.54. The number of ether oxygens (including phenoxy) is 1. The summed E-state index contributed by atoms with van der Waals surface area (Å²) in [5, 5.41) is 3.08. The molecule has 0 aliphatic carbocycles. The van der Waals surface area contributed by atoms with E-state index in [9.17, 15) is 13.6 Å². The molecule has 0 atom stereocenters. The molecular formula is C20H21F2N5O3S. The molecule has 1 amide bonds. The number of alkyl halides is 2. The number of amides is 1. The average molecular weight is 449 g/mol. The molecule has 3 aromatic rings. The quantitative estimate of drug-likeness (QED) is 0.592. The van der Waals surface area contributed by atoms with Crippen LogP contribution in [0.2, 0.25) is 0 Å². The number of rotatable bonds is 7. The maximum atomic E-state index is 12.5. The van der Waals surface area contributed by atoms with Gasteiger partial charge >= 0.3 is 6.61 Å². The fourth-order valence-corrected chi connectivity index (χ4v) is 3.77. The minimum absolute atomic E-state index is 0.0291. The zero-order chi connectivity index (χ0) is 21.8. The molecule has 1 N–H and O–H groups in total. The van der Waals surface area contributed by atoms with Crippen LogP contribution in [-0.4, -0.2) is 64.9 Å². The Morgan fingerprint density at radius 1 is 1.26 bits per heavy atom. The van der Waals surface area contributed by atoms with Gasteiger partial charge in [-0.25, -0.2) is 4.98 Å². The van der Waals surface area contributed by atoms with E-state index >= 15 is 0 Å². The number of carbonyl (C=O) groups excluding carboxylic acids is 1. The average Bonchev–Trinajstić information content (AvgIpc) is 3.39. The van der Waals surface area contributed by atoms with Crippen molar-refractivity contribution in [3.63, 3.8) is 0 Å². The fraction of sp³-hybridized carbons (Fsp3) is 0.350. The van der Waals surface area contributed by atoms with E-state index in [2.05, 4.69) is 36.3 Å². The topological polar surface area (TPSA) is 83.7 Å². The maximum absolute atomic E-state index is 12.5. The van der Waals surface area contributed by atoms with Crippen LogP contribution in [0.4, 0.5) is 13.9 Å². The molecule has 0 radical (unpaired) electrons. The lowest BCUT2D eigenvalue weighted by molar-refractivity contribution is -0.0498. The highest BCUT2D eigenvalue weighted by atomic mass is 32.1.